The predicted octanol–water partition coefficient (Wildman–Crippen LogP) is 6.61. The van der Waals surface area contributed by atoms with E-state index in [1.165, 1.54) is 4.57 Å². The highest BCUT2D eigenvalue weighted by atomic mass is 35.5. The highest BCUT2D eigenvalue weighted by molar-refractivity contribution is 8.00. The second kappa shape index (κ2) is 11.0. The van der Waals surface area contributed by atoms with Crippen molar-refractivity contribution in [1.29, 1.82) is 0 Å². The van der Waals surface area contributed by atoms with E-state index in [2.05, 4.69) is 5.32 Å². The SMILES string of the molecule is Cc1ccccc1NC(=O)Cn1c2c(sc1=O)[C@H](c1cccc(Cl)c1Cl)C1C(=O)N(c3ccc(Cl)cc3)C(=O)C1S2. The maximum Gasteiger partial charge on any atom is 0.308 e. The number of thiazole rings is 1. The number of imide groups is 1. The molecule has 7 nitrogen and oxygen atoms in total. The summed E-state index contributed by atoms with van der Waals surface area (Å²) in [4.78, 5) is 55.5. The van der Waals surface area contributed by atoms with Gasteiger partial charge in [-0.05, 0) is 54.4 Å². The first-order valence-corrected chi connectivity index (χ1v) is 15.3. The van der Waals surface area contributed by atoms with Gasteiger partial charge in [0, 0.05) is 21.5 Å². The quantitative estimate of drug-likeness (QED) is 0.247. The lowest BCUT2D eigenvalue weighted by molar-refractivity contribution is -0.122. The van der Waals surface area contributed by atoms with Crippen LogP contribution in [0.3, 0.4) is 0 Å². The van der Waals surface area contributed by atoms with Gasteiger partial charge in [-0.25, -0.2) is 4.90 Å². The molecular weight excluding hydrogens is 625 g/mol. The Bertz CT molecular complexity index is 1790. The van der Waals surface area contributed by atoms with E-state index in [4.69, 9.17) is 34.8 Å². The molecule has 3 heterocycles. The van der Waals surface area contributed by atoms with Crippen LogP contribution in [0.4, 0.5) is 11.4 Å². The zero-order valence-electron chi connectivity index (χ0n) is 21.3. The van der Waals surface area contributed by atoms with Crippen molar-refractivity contribution in [2.24, 2.45) is 5.92 Å². The summed E-state index contributed by atoms with van der Waals surface area (Å²) in [6.07, 6.45) is 0. The normalized spacial score (nSPS) is 19.7. The predicted molar refractivity (Wildman–Crippen MR) is 164 cm³/mol. The van der Waals surface area contributed by atoms with Crippen molar-refractivity contribution in [1.82, 2.24) is 4.57 Å². The van der Waals surface area contributed by atoms with E-state index in [-0.39, 0.29) is 21.5 Å². The molecule has 208 valence electrons. The summed E-state index contributed by atoms with van der Waals surface area (Å²) in [6, 6.07) is 18.9. The summed E-state index contributed by atoms with van der Waals surface area (Å²) in [5.74, 6) is -2.80. The molecule has 0 aliphatic carbocycles. The zero-order chi connectivity index (χ0) is 29.0. The Balaban J connectivity index is 1.44. The summed E-state index contributed by atoms with van der Waals surface area (Å²) in [7, 11) is 0. The molecule has 1 saturated heterocycles. The number of nitrogens with zero attached hydrogens (tertiary/aromatic N) is 2. The van der Waals surface area contributed by atoms with Gasteiger partial charge in [0.15, 0.2) is 0 Å². The van der Waals surface area contributed by atoms with E-state index in [0.717, 1.165) is 33.6 Å². The number of rotatable bonds is 5. The third-order valence-corrected chi connectivity index (χ3v) is 10.9. The molecule has 12 heteroatoms. The number of hydrogen-bond donors (Lipinski definition) is 1. The molecule has 0 bridgehead atoms. The molecule has 2 aliphatic rings. The van der Waals surface area contributed by atoms with Crippen LogP contribution in [-0.2, 0) is 20.9 Å². The Labute approximate surface area is 258 Å². The lowest BCUT2D eigenvalue weighted by Gasteiger charge is -2.31. The third-order valence-electron chi connectivity index (χ3n) is 7.17. The number of halogens is 3. The average molecular weight is 645 g/mol. The number of nitrogens with one attached hydrogen (secondary N) is 1. The molecule has 2 aliphatic heterocycles. The number of amides is 3. The van der Waals surface area contributed by atoms with Gasteiger partial charge in [0.25, 0.3) is 0 Å². The smallest absolute Gasteiger partial charge is 0.308 e. The first-order valence-electron chi connectivity index (χ1n) is 12.5. The maximum absolute atomic E-state index is 14.0. The van der Waals surface area contributed by atoms with Gasteiger partial charge in [0.1, 0.15) is 11.8 Å². The number of hydrogen-bond acceptors (Lipinski definition) is 6. The van der Waals surface area contributed by atoms with E-state index in [0.29, 0.717) is 31.9 Å². The Morgan fingerprint density at radius 1 is 0.927 bits per heavy atom. The molecule has 3 aromatic carbocycles. The third kappa shape index (κ3) is 4.89. The van der Waals surface area contributed by atoms with Gasteiger partial charge < -0.3 is 5.32 Å². The largest absolute Gasteiger partial charge is 0.324 e. The lowest BCUT2D eigenvalue weighted by Crippen LogP contribution is -2.33. The van der Waals surface area contributed by atoms with Crippen LogP contribution in [0.25, 0.3) is 0 Å². The maximum atomic E-state index is 14.0. The summed E-state index contributed by atoms with van der Waals surface area (Å²) < 4.78 is 1.36. The van der Waals surface area contributed by atoms with Crippen LogP contribution in [0.2, 0.25) is 15.1 Å². The monoisotopic (exact) mass is 643 g/mol. The van der Waals surface area contributed by atoms with Crippen molar-refractivity contribution in [2.45, 2.75) is 29.7 Å². The van der Waals surface area contributed by atoms with Gasteiger partial charge in [0.05, 0.1) is 26.7 Å². The van der Waals surface area contributed by atoms with Gasteiger partial charge in [-0.15, -0.1) is 0 Å². The van der Waals surface area contributed by atoms with Crippen LogP contribution < -0.4 is 15.1 Å². The highest BCUT2D eigenvalue weighted by Crippen LogP contribution is 2.55. The van der Waals surface area contributed by atoms with Gasteiger partial charge in [-0.1, -0.05) is 88.2 Å². The van der Waals surface area contributed by atoms with Gasteiger partial charge in [-0.3, -0.25) is 23.7 Å². The van der Waals surface area contributed by atoms with Gasteiger partial charge >= 0.3 is 4.87 Å². The first kappa shape index (κ1) is 28.1. The summed E-state index contributed by atoms with van der Waals surface area (Å²) in [6.45, 7) is 1.61. The number of carbonyl (C=O) groups is 3. The van der Waals surface area contributed by atoms with E-state index in [9.17, 15) is 19.2 Å². The van der Waals surface area contributed by atoms with E-state index < -0.39 is 34.8 Å². The fraction of sp³-hybridized carbons (Fsp3) is 0.172. The minimum atomic E-state index is -0.856. The summed E-state index contributed by atoms with van der Waals surface area (Å²) in [5.41, 5.74) is 2.45. The van der Waals surface area contributed by atoms with Crippen molar-refractivity contribution in [2.75, 3.05) is 10.2 Å². The molecular formula is C29H20Cl3N3O4S2. The summed E-state index contributed by atoms with van der Waals surface area (Å²) >= 11 is 21.2. The topological polar surface area (TPSA) is 88.5 Å². The minimum Gasteiger partial charge on any atom is -0.324 e. The van der Waals surface area contributed by atoms with Crippen LogP contribution in [0, 0.1) is 12.8 Å². The lowest BCUT2D eigenvalue weighted by atomic mass is 9.83. The number of aryl methyl sites for hydroxylation is 1. The van der Waals surface area contributed by atoms with Crippen LogP contribution >= 0.6 is 57.9 Å². The number of thioether (sulfide) groups is 1. The van der Waals surface area contributed by atoms with Crippen molar-refractivity contribution >= 4 is 87.0 Å². The minimum absolute atomic E-state index is 0.241. The molecule has 1 N–H and O–H groups in total. The summed E-state index contributed by atoms with van der Waals surface area (Å²) in [5, 5.41) is 3.46. The molecule has 4 aromatic rings. The molecule has 3 amide bonds. The molecule has 2 unspecified atom stereocenters. The van der Waals surface area contributed by atoms with Gasteiger partial charge in [-0.2, -0.15) is 0 Å². The van der Waals surface area contributed by atoms with E-state index >= 15 is 0 Å². The van der Waals surface area contributed by atoms with Crippen molar-refractivity contribution in [3.8, 4) is 0 Å². The van der Waals surface area contributed by atoms with Crippen molar-refractivity contribution < 1.29 is 14.4 Å². The molecule has 3 atom stereocenters. The average Bonchev–Trinajstić information content (AvgIpc) is 3.38. The number of para-hydroxylation sites is 1. The number of aromatic nitrogens is 1. The van der Waals surface area contributed by atoms with Crippen LogP contribution in [-0.4, -0.2) is 27.5 Å². The molecule has 1 fully saturated rings. The van der Waals surface area contributed by atoms with Crippen LogP contribution in [0.15, 0.2) is 76.6 Å². The zero-order valence-corrected chi connectivity index (χ0v) is 25.2. The fourth-order valence-electron chi connectivity index (χ4n) is 5.24. The molecule has 0 radical (unpaired) electrons. The standard InChI is InChI=1S/C29H20Cl3N3O4S2/c1-14-5-2-3-8-19(14)33-20(36)13-34-28-25(41-29(34)39)21(17-6-4-7-18(31)23(17)32)22-24(40-28)27(38)35(26(22)37)16-11-9-15(30)10-12-16/h2-12,21-22,24H,13H2,1H3,(H,33,36)/t21-,22?,24?/m1/s1. The Morgan fingerprint density at radius 2 is 1.66 bits per heavy atom. The Kier molecular flexibility index (Phi) is 7.50. The Hall–Kier alpha value is -3.08. The van der Waals surface area contributed by atoms with Crippen LogP contribution in [0.1, 0.15) is 21.9 Å². The fourth-order valence-corrected chi connectivity index (χ4v) is 8.56. The molecule has 6 rings (SSSR count). The number of benzene rings is 3. The number of carbonyl (C=O) groups excluding carboxylic acids is 3. The second-order valence-electron chi connectivity index (χ2n) is 9.66. The van der Waals surface area contributed by atoms with Gasteiger partial charge in [0.2, 0.25) is 17.7 Å². The Morgan fingerprint density at radius 3 is 2.39 bits per heavy atom. The van der Waals surface area contributed by atoms with E-state index in [1.54, 1.807) is 48.5 Å². The number of fused-ring (bicyclic) bond motifs is 2. The first-order chi connectivity index (χ1) is 19.7. The molecule has 1 aromatic heterocycles. The number of anilines is 2. The van der Waals surface area contributed by atoms with Crippen molar-refractivity contribution in [3.05, 3.63) is 107 Å². The molecule has 41 heavy (non-hydrogen) atoms. The second-order valence-corrected chi connectivity index (χ2v) is 13.0. The van der Waals surface area contributed by atoms with E-state index in [1.807, 2.05) is 25.1 Å². The van der Waals surface area contributed by atoms with Crippen LogP contribution in [0.5, 0.6) is 0 Å². The molecule has 0 saturated carbocycles. The highest BCUT2D eigenvalue weighted by Gasteiger charge is 2.57. The van der Waals surface area contributed by atoms with Crippen molar-refractivity contribution in [3.63, 3.8) is 0 Å². The molecule has 0 spiro atoms.